The molecule has 0 amide bonds. The predicted octanol–water partition coefficient (Wildman–Crippen LogP) is 4.19. The van der Waals surface area contributed by atoms with Gasteiger partial charge in [-0.25, -0.2) is 9.78 Å². The van der Waals surface area contributed by atoms with Crippen LogP contribution in [0.3, 0.4) is 0 Å². The first-order chi connectivity index (χ1) is 9.02. The molecule has 0 fully saturated rings. The van der Waals surface area contributed by atoms with E-state index in [1.807, 2.05) is 38.1 Å². The molecule has 100 valence electrons. The van der Waals surface area contributed by atoms with Gasteiger partial charge in [-0.15, -0.1) is 11.3 Å². The Bertz CT molecular complexity index is 585. The molecule has 0 saturated heterocycles. The topological polar surface area (TPSA) is 50.2 Å². The Morgan fingerprint density at radius 3 is 2.42 bits per heavy atom. The van der Waals surface area contributed by atoms with Crippen LogP contribution in [-0.4, -0.2) is 16.1 Å². The maximum absolute atomic E-state index is 11.3. The van der Waals surface area contributed by atoms with Crippen molar-refractivity contribution in [3.05, 3.63) is 40.5 Å². The summed E-state index contributed by atoms with van der Waals surface area (Å²) in [5.74, 6) is -0.718. The first kappa shape index (κ1) is 13.7. The minimum Gasteiger partial charge on any atom is -0.476 e. The molecule has 1 N–H and O–H groups in total. The summed E-state index contributed by atoms with van der Waals surface area (Å²) in [6, 6.07) is 8.03. The van der Waals surface area contributed by atoms with E-state index in [9.17, 15) is 9.90 Å². The van der Waals surface area contributed by atoms with Gasteiger partial charge >= 0.3 is 5.97 Å². The smallest absolute Gasteiger partial charge is 0.356 e. The average Bonchev–Trinajstić information content (AvgIpc) is 2.84. The van der Waals surface area contributed by atoms with E-state index < -0.39 is 5.97 Å². The number of hydrogen-bond donors (Lipinski definition) is 1. The van der Waals surface area contributed by atoms with Crippen molar-refractivity contribution >= 4 is 17.3 Å². The minimum absolute atomic E-state index is 0.165. The second-order valence-electron chi connectivity index (χ2n) is 4.74. The van der Waals surface area contributed by atoms with E-state index in [1.165, 1.54) is 16.9 Å². The molecule has 1 heterocycles. The highest BCUT2D eigenvalue weighted by molar-refractivity contribution is 7.15. The van der Waals surface area contributed by atoms with Crippen molar-refractivity contribution in [3.8, 4) is 10.4 Å². The number of carboxylic acid groups (broad SMARTS) is 1. The van der Waals surface area contributed by atoms with Crippen LogP contribution >= 0.6 is 11.3 Å². The van der Waals surface area contributed by atoms with Crippen LogP contribution in [0.25, 0.3) is 10.4 Å². The van der Waals surface area contributed by atoms with E-state index in [0.29, 0.717) is 0 Å². The molecule has 1 aromatic carbocycles. The lowest BCUT2D eigenvalue weighted by molar-refractivity contribution is 0.0692. The zero-order valence-electron chi connectivity index (χ0n) is 11.3. The number of benzene rings is 1. The lowest BCUT2D eigenvalue weighted by atomic mass is 10.1. The standard InChI is InChI=1S/C15H17NO2S/c1-4-10-5-7-11(8-6-10)13-12(15(17)18)16-14(19-13)9(2)3/h5-9H,4H2,1-3H3,(H,17,18). The molecule has 0 atom stereocenters. The summed E-state index contributed by atoms with van der Waals surface area (Å²) in [7, 11) is 0. The summed E-state index contributed by atoms with van der Waals surface area (Å²) in [5, 5.41) is 10.1. The Balaban J connectivity index is 2.49. The van der Waals surface area contributed by atoms with Gasteiger partial charge in [0, 0.05) is 5.92 Å². The van der Waals surface area contributed by atoms with Crippen molar-refractivity contribution in [1.29, 1.82) is 0 Å². The molecule has 2 aromatic rings. The van der Waals surface area contributed by atoms with Crippen LogP contribution in [0.5, 0.6) is 0 Å². The number of carboxylic acids is 1. The summed E-state index contributed by atoms with van der Waals surface area (Å²) >= 11 is 1.47. The van der Waals surface area contributed by atoms with E-state index in [-0.39, 0.29) is 11.6 Å². The Labute approximate surface area is 116 Å². The quantitative estimate of drug-likeness (QED) is 0.910. The molecule has 0 aliphatic rings. The van der Waals surface area contributed by atoms with E-state index >= 15 is 0 Å². The fraction of sp³-hybridized carbons (Fsp3) is 0.333. The van der Waals surface area contributed by atoms with Gasteiger partial charge in [-0.05, 0) is 17.5 Å². The third-order valence-corrected chi connectivity index (χ3v) is 4.37. The van der Waals surface area contributed by atoms with Gasteiger partial charge in [0.15, 0.2) is 5.69 Å². The summed E-state index contributed by atoms with van der Waals surface area (Å²) in [6.45, 7) is 6.14. The number of aromatic carboxylic acids is 1. The number of aromatic nitrogens is 1. The maximum Gasteiger partial charge on any atom is 0.356 e. The van der Waals surface area contributed by atoms with Crippen LogP contribution in [0.15, 0.2) is 24.3 Å². The van der Waals surface area contributed by atoms with E-state index in [4.69, 9.17) is 0 Å². The van der Waals surface area contributed by atoms with Crippen LogP contribution in [0.4, 0.5) is 0 Å². The van der Waals surface area contributed by atoms with Gasteiger partial charge in [-0.2, -0.15) is 0 Å². The largest absolute Gasteiger partial charge is 0.476 e. The second kappa shape index (κ2) is 5.53. The number of rotatable bonds is 4. The molecule has 0 spiro atoms. The molecule has 4 heteroatoms. The van der Waals surface area contributed by atoms with Crippen molar-refractivity contribution < 1.29 is 9.90 Å². The molecule has 1 aromatic heterocycles. The highest BCUT2D eigenvalue weighted by Gasteiger charge is 2.19. The molecular formula is C15H17NO2S. The Morgan fingerprint density at radius 1 is 1.32 bits per heavy atom. The zero-order valence-corrected chi connectivity index (χ0v) is 12.1. The normalized spacial score (nSPS) is 10.9. The van der Waals surface area contributed by atoms with Crippen molar-refractivity contribution in [3.63, 3.8) is 0 Å². The lowest BCUT2D eigenvalue weighted by Crippen LogP contribution is -1.99. The molecule has 0 radical (unpaired) electrons. The number of carbonyl (C=O) groups is 1. The Hall–Kier alpha value is -1.68. The Morgan fingerprint density at radius 2 is 1.95 bits per heavy atom. The molecule has 0 unspecified atom stereocenters. The molecule has 0 saturated carbocycles. The van der Waals surface area contributed by atoms with Gasteiger partial charge in [0.05, 0.1) is 9.88 Å². The van der Waals surface area contributed by atoms with Crippen molar-refractivity contribution in [2.45, 2.75) is 33.1 Å². The molecule has 19 heavy (non-hydrogen) atoms. The van der Waals surface area contributed by atoms with Crippen LogP contribution in [0, 0.1) is 0 Å². The molecule has 3 nitrogen and oxygen atoms in total. The molecule has 2 rings (SSSR count). The molecule has 0 aliphatic heterocycles. The van der Waals surface area contributed by atoms with Crippen LogP contribution in [0.1, 0.15) is 47.7 Å². The SMILES string of the molecule is CCc1ccc(-c2sc(C(C)C)nc2C(=O)O)cc1. The fourth-order valence-corrected chi connectivity index (χ4v) is 2.88. The van der Waals surface area contributed by atoms with E-state index in [1.54, 1.807) is 0 Å². The number of hydrogen-bond acceptors (Lipinski definition) is 3. The van der Waals surface area contributed by atoms with Gasteiger partial charge in [0.25, 0.3) is 0 Å². The van der Waals surface area contributed by atoms with E-state index in [0.717, 1.165) is 21.9 Å². The van der Waals surface area contributed by atoms with Crippen LogP contribution in [0.2, 0.25) is 0 Å². The highest BCUT2D eigenvalue weighted by Crippen LogP contribution is 2.33. The molecular weight excluding hydrogens is 258 g/mol. The third-order valence-electron chi connectivity index (χ3n) is 2.96. The lowest BCUT2D eigenvalue weighted by Gasteiger charge is -2.01. The summed E-state index contributed by atoms with van der Waals surface area (Å²) in [5.41, 5.74) is 2.34. The third kappa shape index (κ3) is 2.84. The maximum atomic E-state index is 11.3. The van der Waals surface area contributed by atoms with Gasteiger partial charge in [-0.3, -0.25) is 0 Å². The van der Waals surface area contributed by atoms with Gasteiger partial charge < -0.3 is 5.11 Å². The molecule has 0 bridgehead atoms. The Kier molecular flexibility index (Phi) is 4.00. The van der Waals surface area contributed by atoms with Crippen molar-refractivity contribution in [1.82, 2.24) is 4.98 Å². The van der Waals surface area contributed by atoms with Crippen molar-refractivity contribution in [2.75, 3.05) is 0 Å². The summed E-state index contributed by atoms with van der Waals surface area (Å²) in [4.78, 5) is 16.3. The summed E-state index contributed by atoms with van der Waals surface area (Å²) < 4.78 is 0. The van der Waals surface area contributed by atoms with Gasteiger partial charge in [-0.1, -0.05) is 45.0 Å². The monoisotopic (exact) mass is 275 g/mol. The number of thiazole rings is 1. The molecule has 0 aliphatic carbocycles. The van der Waals surface area contributed by atoms with Crippen molar-refractivity contribution in [2.24, 2.45) is 0 Å². The van der Waals surface area contributed by atoms with E-state index in [2.05, 4.69) is 11.9 Å². The second-order valence-corrected chi connectivity index (χ2v) is 5.77. The first-order valence-corrected chi connectivity index (χ1v) is 7.18. The van der Waals surface area contributed by atoms with Crippen LogP contribution < -0.4 is 0 Å². The zero-order chi connectivity index (χ0) is 14.0. The highest BCUT2D eigenvalue weighted by atomic mass is 32.1. The summed E-state index contributed by atoms with van der Waals surface area (Å²) in [6.07, 6.45) is 0.978. The number of aryl methyl sites for hydroxylation is 1. The van der Waals surface area contributed by atoms with Gasteiger partial charge in [0.2, 0.25) is 0 Å². The number of nitrogens with zero attached hydrogens (tertiary/aromatic N) is 1. The average molecular weight is 275 g/mol. The fourth-order valence-electron chi connectivity index (χ4n) is 1.82. The minimum atomic E-state index is -0.960. The van der Waals surface area contributed by atoms with Gasteiger partial charge in [0.1, 0.15) is 0 Å². The van der Waals surface area contributed by atoms with Crippen LogP contribution in [-0.2, 0) is 6.42 Å². The predicted molar refractivity (Wildman–Crippen MR) is 78.0 cm³/mol. The first-order valence-electron chi connectivity index (χ1n) is 6.36.